The van der Waals surface area contributed by atoms with Gasteiger partial charge < -0.3 is 38.9 Å². The molecule has 1 saturated heterocycles. The predicted molar refractivity (Wildman–Crippen MR) is 110 cm³/mol. The summed E-state index contributed by atoms with van der Waals surface area (Å²) in [5.41, 5.74) is 8.30. The summed E-state index contributed by atoms with van der Waals surface area (Å²) in [6.45, 7) is 5.51. The Morgan fingerprint density at radius 3 is 2.45 bits per heavy atom. The lowest BCUT2D eigenvalue weighted by molar-refractivity contribution is -0.949. The Labute approximate surface area is 196 Å². The van der Waals surface area contributed by atoms with Crippen LogP contribution in [0.5, 0.6) is 0 Å². The molecule has 2 aromatic rings. The van der Waals surface area contributed by atoms with E-state index in [0.717, 1.165) is 66.3 Å². The molecular weight excluding hydrogens is 523 g/mol. The summed E-state index contributed by atoms with van der Waals surface area (Å²) in [6.07, 6.45) is 1.42. The van der Waals surface area contributed by atoms with Crippen molar-refractivity contribution in [3.8, 4) is 0 Å². The molecule has 0 atom stereocenters. The highest BCUT2D eigenvalue weighted by Gasteiger charge is 2.38. The second kappa shape index (κ2) is 9.43. The molecule has 4 rings (SSSR count). The number of fused-ring (bicyclic) bond motifs is 1. The van der Waals surface area contributed by atoms with Crippen molar-refractivity contribution < 1.29 is 42.8 Å². The van der Waals surface area contributed by atoms with Crippen molar-refractivity contribution in [1.82, 2.24) is 0 Å². The van der Waals surface area contributed by atoms with E-state index in [1.54, 1.807) is 23.5 Å². The van der Waals surface area contributed by atoms with Crippen molar-refractivity contribution in [3.05, 3.63) is 55.7 Å². The smallest absolute Gasteiger partial charge is 0.250 e. The average Bonchev–Trinajstić information content (AvgIpc) is 3.01. The van der Waals surface area contributed by atoms with Crippen LogP contribution in [0.15, 0.2) is 24.3 Å². The number of carbonyl (C=O) groups excluding carboxylic acids is 2. The highest BCUT2D eigenvalue weighted by atomic mass is 127. The number of hydrogen-bond donors (Lipinski definition) is 1. The third-order valence-electron chi connectivity index (χ3n) is 5.82. The second-order valence-electron chi connectivity index (χ2n) is 7.72. The molecule has 156 valence electrons. The van der Waals surface area contributed by atoms with E-state index < -0.39 is 5.91 Å². The summed E-state index contributed by atoms with van der Waals surface area (Å²) in [4.78, 5) is 26.9. The maximum atomic E-state index is 12.7. The molecule has 5 nitrogen and oxygen atoms in total. The molecule has 1 aromatic carbocycles. The van der Waals surface area contributed by atoms with E-state index in [4.69, 9.17) is 22.1 Å². The summed E-state index contributed by atoms with van der Waals surface area (Å²) in [5, 5.41) is 0.651. The molecule has 1 spiro atoms. The summed E-state index contributed by atoms with van der Waals surface area (Å²) >= 11 is 7.51. The Hall–Kier alpha value is -1.000. The van der Waals surface area contributed by atoms with Crippen molar-refractivity contribution in [2.75, 3.05) is 32.8 Å². The Balaban J connectivity index is 0.00000240. The molecule has 0 radical (unpaired) electrons. The first-order chi connectivity index (χ1) is 13.5. The van der Waals surface area contributed by atoms with Crippen LogP contribution in [0.25, 0.3) is 0 Å². The van der Waals surface area contributed by atoms with Crippen LogP contribution < -0.4 is 29.7 Å². The van der Waals surface area contributed by atoms with Gasteiger partial charge in [0.2, 0.25) is 5.91 Å². The second-order valence-corrected chi connectivity index (χ2v) is 9.34. The molecule has 1 fully saturated rings. The largest absolute Gasteiger partial charge is 1.00 e. The average molecular weight is 547 g/mol. The van der Waals surface area contributed by atoms with Gasteiger partial charge in [-0.15, -0.1) is 11.3 Å². The third kappa shape index (κ3) is 5.02. The zero-order valence-corrected chi connectivity index (χ0v) is 19.8. The molecule has 2 aliphatic heterocycles. The number of carbonyl (C=O) groups is 2. The third-order valence-corrected chi connectivity index (χ3v) is 7.29. The lowest BCUT2D eigenvalue weighted by Crippen LogP contribution is -3.00. The van der Waals surface area contributed by atoms with Crippen LogP contribution in [-0.4, -0.2) is 49.0 Å². The quantitative estimate of drug-likeness (QED) is 0.416. The van der Waals surface area contributed by atoms with Crippen LogP contribution in [0.4, 0.5) is 0 Å². The maximum absolute atomic E-state index is 12.7. The molecule has 3 heterocycles. The van der Waals surface area contributed by atoms with E-state index in [1.807, 2.05) is 12.1 Å². The van der Waals surface area contributed by atoms with Gasteiger partial charge in [0.25, 0.3) is 0 Å². The predicted octanol–water partition coefficient (Wildman–Crippen LogP) is -0.238. The maximum Gasteiger partial charge on any atom is 0.250 e. The normalized spacial score (nSPS) is 17.4. The van der Waals surface area contributed by atoms with E-state index in [9.17, 15) is 9.59 Å². The van der Waals surface area contributed by atoms with Gasteiger partial charge in [-0.05, 0) is 23.3 Å². The Morgan fingerprint density at radius 1 is 1.10 bits per heavy atom. The van der Waals surface area contributed by atoms with Gasteiger partial charge in [-0.1, -0.05) is 23.7 Å². The summed E-state index contributed by atoms with van der Waals surface area (Å²) in [5.74, 6) is -0.332. The summed E-state index contributed by atoms with van der Waals surface area (Å²) < 4.78 is 6.55. The molecular formula is C21H24ClIN2O3S. The first kappa shape index (κ1) is 22.7. The number of morpholine rings is 1. The van der Waals surface area contributed by atoms with Crippen LogP contribution >= 0.6 is 22.9 Å². The van der Waals surface area contributed by atoms with E-state index >= 15 is 0 Å². The number of primary amides is 1. The zero-order chi connectivity index (χ0) is 19.7. The molecule has 0 saturated carbocycles. The number of rotatable bonds is 5. The fourth-order valence-electron chi connectivity index (χ4n) is 4.29. The number of ether oxygens (including phenoxy) is 1. The van der Waals surface area contributed by atoms with Gasteiger partial charge in [0.1, 0.15) is 25.4 Å². The van der Waals surface area contributed by atoms with Gasteiger partial charge in [0, 0.05) is 29.2 Å². The topological polar surface area (TPSA) is 69.4 Å². The zero-order valence-electron chi connectivity index (χ0n) is 16.1. The van der Waals surface area contributed by atoms with Crippen LogP contribution in [0.3, 0.4) is 0 Å². The lowest BCUT2D eigenvalue weighted by Gasteiger charge is -2.43. The Morgan fingerprint density at radius 2 is 1.79 bits per heavy atom. The molecule has 2 aliphatic rings. The number of hydrogen-bond acceptors (Lipinski definition) is 4. The van der Waals surface area contributed by atoms with Crippen LogP contribution in [-0.2, 0) is 35.3 Å². The summed E-state index contributed by atoms with van der Waals surface area (Å²) in [7, 11) is 0. The SMILES string of the molecule is NC(=O)c1c(CC(=O)Cc2ccc(Cl)cc2)sc2c1CC[N+]1(CCOCC1)C2.[I-]. The number of benzene rings is 1. The van der Waals surface area contributed by atoms with E-state index in [0.29, 0.717) is 17.0 Å². The van der Waals surface area contributed by atoms with Crippen LogP contribution in [0, 0.1) is 0 Å². The van der Waals surface area contributed by atoms with Crippen molar-refractivity contribution in [2.45, 2.75) is 25.8 Å². The highest BCUT2D eigenvalue weighted by molar-refractivity contribution is 7.12. The van der Waals surface area contributed by atoms with Crippen molar-refractivity contribution >= 4 is 34.6 Å². The number of ketones is 1. The highest BCUT2D eigenvalue weighted by Crippen LogP contribution is 2.37. The minimum Gasteiger partial charge on any atom is -1.00 e. The fraction of sp³-hybridized carbons (Fsp3) is 0.429. The van der Waals surface area contributed by atoms with Crippen molar-refractivity contribution in [1.29, 1.82) is 0 Å². The van der Waals surface area contributed by atoms with Gasteiger partial charge in [-0.2, -0.15) is 0 Å². The van der Waals surface area contributed by atoms with Gasteiger partial charge >= 0.3 is 0 Å². The minimum absolute atomic E-state index is 0. The van der Waals surface area contributed by atoms with Crippen LogP contribution in [0.2, 0.25) is 5.02 Å². The standard InChI is InChI=1S/C21H23ClN2O3S.HI/c22-15-3-1-14(2-4-15)11-16(25)12-18-20(21(23)26)17-5-6-24(13-19(17)28-18)7-9-27-10-8-24;/h1-4H,5-13H2,(H-,23,26);1H. The van der Waals surface area contributed by atoms with Gasteiger partial charge in [0.15, 0.2) is 0 Å². The first-order valence-corrected chi connectivity index (χ1v) is 10.8. The minimum atomic E-state index is -0.415. The number of halogens is 2. The molecule has 2 N–H and O–H groups in total. The van der Waals surface area contributed by atoms with E-state index in [1.165, 1.54) is 4.88 Å². The fourth-order valence-corrected chi connectivity index (χ4v) is 5.94. The monoisotopic (exact) mass is 546 g/mol. The number of nitrogens with two attached hydrogens (primary N) is 1. The Bertz CT molecular complexity index is 907. The summed E-state index contributed by atoms with van der Waals surface area (Å²) in [6, 6.07) is 7.30. The molecule has 29 heavy (non-hydrogen) atoms. The van der Waals surface area contributed by atoms with Crippen molar-refractivity contribution in [3.63, 3.8) is 0 Å². The van der Waals surface area contributed by atoms with Gasteiger partial charge in [-0.25, -0.2) is 0 Å². The Kier molecular flexibility index (Phi) is 7.37. The van der Waals surface area contributed by atoms with Crippen LogP contribution in [0.1, 0.15) is 31.2 Å². The number of quaternary nitrogens is 1. The van der Waals surface area contributed by atoms with E-state index in [2.05, 4.69) is 0 Å². The molecule has 0 unspecified atom stereocenters. The van der Waals surface area contributed by atoms with Crippen molar-refractivity contribution in [2.24, 2.45) is 5.73 Å². The van der Waals surface area contributed by atoms with Gasteiger partial charge in [-0.3, -0.25) is 9.59 Å². The van der Waals surface area contributed by atoms with E-state index in [-0.39, 0.29) is 36.2 Å². The lowest BCUT2D eigenvalue weighted by atomic mass is 9.97. The molecule has 0 aliphatic carbocycles. The molecule has 0 bridgehead atoms. The number of nitrogens with zero attached hydrogens (tertiary/aromatic N) is 1. The molecule has 1 amide bonds. The van der Waals surface area contributed by atoms with Gasteiger partial charge in [0.05, 0.1) is 30.2 Å². The number of thiophene rings is 1. The number of Topliss-reactive ketones (excluding diaryl/α,β-unsaturated/α-hetero) is 1. The number of amides is 1. The molecule has 8 heteroatoms. The molecule has 1 aromatic heterocycles. The first-order valence-electron chi connectivity index (χ1n) is 9.58.